The van der Waals surface area contributed by atoms with E-state index < -0.39 is 0 Å². The average Bonchev–Trinajstić information content (AvgIpc) is 2.48. The van der Waals surface area contributed by atoms with Crippen molar-refractivity contribution in [3.05, 3.63) is 52.8 Å². The largest absolute Gasteiger partial charge is 0.493 e. The summed E-state index contributed by atoms with van der Waals surface area (Å²) in [6, 6.07) is 9.79. The molecule has 0 bridgehead atoms. The van der Waals surface area contributed by atoms with Gasteiger partial charge in [-0.05, 0) is 24.6 Å². The van der Waals surface area contributed by atoms with Gasteiger partial charge in [-0.2, -0.15) is 0 Å². The Kier molecular flexibility index (Phi) is 4.91. The molecule has 0 saturated carbocycles. The monoisotopic (exact) mass is 309 g/mol. The molecule has 0 aliphatic rings. The van der Waals surface area contributed by atoms with E-state index in [1.54, 1.807) is 32.4 Å². The van der Waals surface area contributed by atoms with Crippen LogP contribution in [0.5, 0.6) is 11.5 Å². The van der Waals surface area contributed by atoms with Gasteiger partial charge in [0.15, 0.2) is 11.5 Å². The van der Waals surface area contributed by atoms with E-state index >= 15 is 0 Å². The second-order valence-electron chi connectivity index (χ2n) is 4.61. The zero-order chi connectivity index (χ0) is 15.4. The molecular formula is C16H17ClFNO2. The Bertz CT molecular complexity index is 634. The van der Waals surface area contributed by atoms with Crippen LogP contribution in [0, 0.1) is 5.82 Å². The minimum Gasteiger partial charge on any atom is -0.493 e. The molecule has 1 atom stereocenters. The van der Waals surface area contributed by atoms with Gasteiger partial charge in [0.2, 0.25) is 0 Å². The molecule has 0 aliphatic carbocycles. The highest BCUT2D eigenvalue weighted by Gasteiger charge is 2.13. The van der Waals surface area contributed by atoms with Crippen LogP contribution in [0.4, 0.5) is 10.1 Å². The number of ether oxygens (including phenoxy) is 2. The van der Waals surface area contributed by atoms with Crippen LogP contribution in [0.15, 0.2) is 36.4 Å². The number of halogens is 2. The number of nitrogens with one attached hydrogen (secondary N) is 1. The predicted molar refractivity (Wildman–Crippen MR) is 83.0 cm³/mol. The van der Waals surface area contributed by atoms with Crippen molar-refractivity contribution in [1.29, 1.82) is 0 Å². The molecular weight excluding hydrogens is 293 g/mol. The molecule has 1 N–H and O–H groups in total. The second-order valence-corrected chi connectivity index (χ2v) is 5.02. The van der Waals surface area contributed by atoms with Crippen LogP contribution in [-0.4, -0.2) is 14.2 Å². The topological polar surface area (TPSA) is 30.5 Å². The lowest BCUT2D eigenvalue weighted by Gasteiger charge is -2.18. The first-order valence-corrected chi connectivity index (χ1v) is 6.86. The summed E-state index contributed by atoms with van der Waals surface area (Å²) in [5.41, 5.74) is 1.53. The van der Waals surface area contributed by atoms with Crippen molar-refractivity contribution >= 4 is 17.3 Å². The lowest BCUT2D eigenvalue weighted by atomic mass is 10.1. The molecule has 0 saturated heterocycles. The van der Waals surface area contributed by atoms with Gasteiger partial charge in [-0.15, -0.1) is 0 Å². The van der Waals surface area contributed by atoms with Crippen LogP contribution >= 0.6 is 11.6 Å². The Morgan fingerprint density at radius 3 is 2.38 bits per heavy atom. The second kappa shape index (κ2) is 6.68. The maximum atomic E-state index is 13.3. The first-order chi connectivity index (χ1) is 10.0. The number of hydrogen-bond acceptors (Lipinski definition) is 3. The minimum atomic E-state index is -0.264. The highest BCUT2D eigenvalue weighted by molar-refractivity contribution is 6.33. The first-order valence-electron chi connectivity index (χ1n) is 6.48. The fourth-order valence-electron chi connectivity index (χ4n) is 2.06. The number of anilines is 1. The summed E-state index contributed by atoms with van der Waals surface area (Å²) in [7, 11) is 3.11. The normalized spacial score (nSPS) is 11.9. The lowest BCUT2D eigenvalue weighted by Crippen LogP contribution is -2.07. The predicted octanol–water partition coefficient (Wildman–Crippen LogP) is 4.67. The maximum absolute atomic E-state index is 13.3. The molecule has 0 aliphatic heterocycles. The fourth-order valence-corrected chi connectivity index (χ4v) is 2.27. The Labute approximate surface area is 128 Å². The quantitative estimate of drug-likeness (QED) is 0.870. The Balaban J connectivity index is 2.26. The Morgan fingerprint density at radius 2 is 1.76 bits per heavy atom. The van der Waals surface area contributed by atoms with E-state index in [2.05, 4.69) is 5.32 Å². The number of benzene rings is 2. The van der Waals surface area contributed by atoms with Crippen molar-refractivity contribution in [3.8, 4) is 11.5 Å². The molecule has 0 spiro atoms. The van der Waals surface area contributed by atoms with Crippen LogP contribution in [0.2, 0.25) is 5.02 Å². The summed E-state index contributed by atoms with van der Waals surface area (Å²) in [6.45, 7) is 1.93. The molecule has 21 heavy (non-hydrogen) atoms. The summed E-state index contributed by atoms with van der Waals surface area (Å²) in [4.78, 5) is 0. The van der Waals surface area contributed by atoms with Crippen LogP contribution in [0.1, 0.15) is 18.5 Å². The summed E-state index contributed by atoms with van der Waals surface area (Å²) in [5, 5.41) is 3.76. The molecule has 0 fully saturated rings. The third kappa shape index (κ3) is 3.58. The molecule has 112 valence electrons. The van der Waals surface area contributed by atoms with Crippen molar-refractivity contribution in [2.45, 2.75) is 13.0 Å². The van der Waals surface area contributed by atoms with E-state index in [1.165, 1.54) is 12.1 Å². The molecule has 2 aromatic carbocycles. The van der Waals surface area contributed by atoms with Crippen LogP contribution < -0.4 is 14.8 Å². The summed E-state index contributed by atoms with van der Waals surface area (Å²) >= 11 is 6.23. The van der Waals surface area contributed by atoms with Gasteiger partial charge in [0.25, 0.3) is 0 Å². The number of hydrogen-bond donors (Lipinski definition) is 1. The summed E-state index contributed by atoms with van der Waals surface area (Å²) in [5.74, 6) is 0.877. The van der Waals surface area contributed by atoms with Crippen molar-refractivity contribution in [2.75, 3.05) is 19.5 Å². The molecule has 2 rings (SSSR count). The van der Waals surface area contributed by atoms with E-state index in [4.69, 9.17) is 21.1 Å². The van der Waals surface area contributed by atoms with Crippen molar-refractivity contribution in [3.63, 3.8) is 0 Å². The standard InChI is InChI=1S/C16H17ClFNO2/c1-10(11-5-4-6-12(18)7-11)19-14-9-16(21-3)15(20-2)8-13(14)17/h4-10,19H,1-3H3. The van der Waals surface area contributed by atoms with E-state index in [0.717, 1.165) is 5.56 Å². The molecule has 5 heteroatoms. The summed E-state index contributed by atoms with van der Waals surface area (Å²) in [6.07, 6.45) is 0. The molecule has 2 aromatic rings. The fraction of sp³-hybridized carbons (Fsp3) is 0.250. The highest BCUT2D eigenvalue weighted by atomic mass is 35.5. The molecule has 0 heterocycles. The molecule has 3 nitrogen and oxygen atoms in total. The molecule has 0 aromatic heterocycles. The number of methoxy groups -OCH3 is 2. The average molecular weight is 310 g/mol. The smallest absolute Gasteiger partial charge is 0.162 e. The third-order valence-electron chi connectivity index (χ3n) is 3.19. The van der Waals surface area contributed by atoms with Crippen molar-refractivity contribution < 1.29 is 13.9 Å². The van der Waals surface area contributed by atoms with Gasteiger partial charge in [-0.1, -0.05) is 23.7 Å². The molecule has 0 amide bonds. The van der Waals surface area contributed by atoms with Crippen molar-refractivity contribution in [1.82, 2.24) is 0 Å². The van der Waals surface area contributed by atoms with Crippen LogP contribution in [-0.2, 0) is 0 Å². The van der Waals surface area contributed by atoms with Gasteiger partial charge in [-0.3, -0.25) is 0 Å². The zero-order valence-electron chi connectivity index (χ0n) is 12.1. The number of rotatable bonds is 5. The van der Waals surface area contributed by atoms with Gasteiger partial charge in [0.05, 0.1) is 24.9 Å². The van der Waals surface area contributed by atoms with Crippen LogP contribution in [0.25, 0.3) is 0 Å². The van der Waals surface area contributed by atoms with Gasteiger partial charge in [0, 0.05) is 18.2 Å². The molecule has 1 unspecified atom stereocenters. The zero-order valence-corrected chi connectivity index (χ0v) is 12.9. The highest BCUT2D eigenvalue weighted by Crippen LogP contribution is 2.37. The van der Waals surface area contributed by atoms with E-state index in [1.807, 2.05) is 13.0 Å². The molecule has 0 radical (unpaired) electrons. The van der Waals surface area contributed by atoms with Gasteiger partial charge in [0.1, 0.15) is 5.82 Å². The van der Waals surface area contributed by atoms with Gasteiger partial charge in [-0.25, -0.2) is 4.39 Å². The maximum Gasteiger partial charge on any atom is 0.162 e. The van der Waals surface area contributed by atoms with E-state index in [9.17, 15) is 4.39 Å². The van der Waals surface area contributed by atoms with E-state index in [-0.39, 0.29) is 11.9 Å². The minimum absolute atomic E-state index is 0.101. The SMILES string of the molecule is COc1cc(Cl)c(NC(C)c2cccc(F)c2)cc1OC. The van der Waals surface area contributed by atoms with Gasteiger partial charge < -0.3 is 14.8 Å². The van der Waals surface area contributed by atoms with Gasteiger partial charge >= 0.3 is 0 Å². The van der Waals surface area contributed by atoms with E-state index in [0.29, 0.717) is 22.2 Å². The summed E-state index contributed by atoms with van der Waals surface area (Å²) < 4.78 is 23.7. The Morgan fingerprint density at radius 1 is 1.10 bits per heavy atom. The Hall–Kier alpha value is -1.94. The van der Waals surface area contributed by atoms with Crippen molar-refractivity contribution in [2.24, 2.45) is 0 Å². The first kappa shape index (κ1) is 15.4. The third-order valence-corrected chi connectivity index (χ3v) is 3.51. The van der Waals surface area contributed by atoms with Crippen LogP contribution in [0.3, 0.4) is 0 Å². The lowest BCUT2D eigenvalue weighted by molar-refractivity contribution is 0.355.